The van der Waals surface area contributed by atoms with E-state index >= 15 is 0 Å². The fourth-order valence-electron chi connectivity index (χ4n) is 4.15. The average Bonchev–Trinajstić information content (AvgIpc) is 2.68. The van der Waals surface area contributed by atoms with Crippen LogP contribution in [0, 0.1) is 5.92 Å². The number of carbonyl (C=O) groups excluding carboxylic acids is 2. The molecule has 2 aliphatic rings. The summed E-state index contributed by atoms with van der Waals surface area (Å²) >= 11 is 0. The van der Waals surface area contributed by atoms with E-state index in [0.29, 0.717) is 19.0 Å². The van der Waals surface area contributed by atoms with E-state index in [0.717, 1.165) is 39.1 Å². The molecule has 2 amide bonds. The van der Waals surface area contributed by atoms with Gasteiger partial charge in [0.2, 0.25) is 11.8 Å². The van der Waals surface area contributed by atoms with Crippen LogP contribution in [0.2, 0.25) is 0 Å². The van der Waals surface area contributed by atoms with E-state index in [4.69, 9.17) is 0 Å². The van der Waals surface area contributed by atoms with E-state index in [1.165, 1.54) is 11.1 Å². The summed E-state index contributed by atoms with van der Waals surface area (Å²) in [7, 11) is 1.85. The number of piperazine rings is 1. The first-order valence-electron chi connectivity index (χ1n) is 10.5. The molecule has 1 aromatic carbocycles. The van der Waals surface area contributed by atoms with E-state index in [2.05, 4.69) is 53.2 Å². The second-order valence-corrected chi connectivity index (χ2v) is 8.51. The molecule has 0 saturated carbocycles. The number of hydrogen-bond donors (Lipinski definition) is 1. The normalized spacial score (nSPS) is 20.7. The fraction of sp³-hybridized carbons (Fsp3) is 0.636. The molecule has 6 nitrogen and oxygen atoms in total. The smallest absolute Gasteiger partial charge is 0.237 e. The SMILES string of the molecule is CC(C)CN1CCNC(=O)C1CC(=O)N(C)CCN1CCc2ccccc2C1. The summed E-state index contributed by atoms with van der Waals surface area (Å²) in [5.41, 5.74) is 2.84. The highest BCUT2D eigenvalue weighted by atomic mass is 16.2. The van der Waals surface area contributed by atoms with Crippen LogP contribution in [0.15, 0.2) is 24.3 Å². The van der Waals surface area contributed by atoms with Gasteiger partial charge in [-0.05, 0) is 23.5 Å². The number of hydrogen-bond acceptors (Lipinski definition) is 4. The molecule has 1 fully saturated rings. The van der Waals surface area contributed by atoms with E-state index in [-0.39, 0.29) is 24.3 Å². The lowest BCUT2D eigenvalue weighted by Gasteiger charge is -2.36. The lowest BCUT2D eigenvalue weighted by molar-refractivity contribution is -0.138. The van der Waals surface area contributed by atoms with Crippen molar-refractivity contribution < 1.29 is 9.59 Å². The van der Waals surface area contributed by atoms with Crippen LogP contribution < -0.4 is 5.32 Å². The number of fused-ring (bicyclic) bond motifs is 1. The summed E-state index contributed by atoms with van der Waals surface area (Å²) in [6, 6.07) is 8.26. The number of likely N-dealkylation sites (N-methyl/N-ethyl adjacent to an activating group) is 1. The Balaban J connectivity index is 1.49. The van der Waals surface area contributed by atoms with Crippen molar-refractivity contribution in [3.63, 3.8) is 0 Å². The highest BCUT2D eigenvalue weighted by Crippen LogP contribution is 2.18. The molecule has 28 heavy (non-hydrogen) atoms. The van der Waals surface area contributed by atoms with Gasteiger partial charge in [-0.15, -0.1) is 0 Å². The van der Waals surface area contributed by atoms with E-state index in [1.807, 2.05) is 7.05 Å². The molecule has 1 aromatic rings. The summed E-state index contributed by atoms with van der Waals surface area (Å²) in [5.74, 6) is 0.512. The Morgan fingerprint density at radius 3 is 2.75 bits per heavy atom. The maximum Gasteiger partial charge on any atom is 0.237 e. The van der Waals surface area contributed by atoms with Crippen LogP contribution in [0.3, 0.4) is 0 Å². The lowest BCUT2D eigenvalue weighted by atomic mass is 10.00. The Bertz CT molecular complexity index is 691. The molecule has 6 heteroatoms. The summed E-state index contributed by atoms with van der Waals surface area (Å²) in [5, 5.41) is 2.91. The van der Waals surface area contributed by atoms with E-state index in [1.54, 1.807) is 4.90 Å². The third-order valence-corrected chi connectivity index (χ3v) is 5.80. The van der Waals surface area contributed by atoms with Crippen LogP contribution in [0.25, 0.3) is 0 Å². The molecule has 0 spiro atoms. The van der Waals surface area contributed by atoms with Gasteiger partial charge >= 0.3 is 0 Å². The average molecular weight is 387 g/mol. The predicted molar refractivity (Wildman–Crippen MR) is 111 cm³/mol. The Kier molecular flexibility index (Phi) is 7.08. The molecule has 2 aliphatic heterocycles. The largest absolute Gasteiger partial charge is 0.353 e. The van der Waals surface area contributed by atoms with Gasteiger partial charge in [0.1, 0.15) is 0 Å². The van der Waals surface area contributed by atoms with Gasteiger partial charge in [0.15, 0.2) is 0 Å². The van der Waals surface area contributed by atoms with Crippen molar-refractivity contribution in [2.45, 2.75) is 39.3 Å². The first kappa shape index (κ1) is 20.8. The minimum absolute atomic E-state index is 0.0127. The molecule has 0 radical (unpaired) electrons. The van der Waals surface area contributed by atoms with Gasteiger partial charge in [0, 0.05) is 52.9 Å². The van der Waals surface area contributed by atoms with Crippen LogP contribution >= 0.6 is 0 Å². The van der Waals surface area contributed by atoms with Crippen molar-refractivity contribution in [1.82, 2.24) is 20.0 Å². The first-order chi connectivity index (χ1) is 13.4. The molecule has 0 bridgehead atoms. The molecule has 2 heterocycles. The van der Waals surface area contributed by atoms with Crippen LogP contribution in [0.5, 0.6) is 0 Å². The molecule has 154 valence electrons. The number of nitrogens with zero attached hydrogens (tertiary/aromatic N) is 3. The third-order valence-electron chi connectivity index (χ3n) is 5.80. The number of amides is 2. The Morgan fingerprint density at radius 2 is 2.00 bits per heavy atom. The van der Waals surface area contributed by atoms with Gasteiger partial charge in [-0.3, -0.25) is 19.4 Å². The van der Waals surface area contributed by atoms with Gasteiger partial charge in [-0.1, -0.05) is 38.1 Å². The maximum atomic E-state index is 12.8. The minimum Gasteiger partial charge on any atom is -0.353 e. The standard InChI is InChI=1S/C22H34N4O2/c1-17(2)15-26-11-9-23-22(28)20(26)14-21(27)24(3)12-13-25-10-8-18-6-4-5-7-19(18)16-25/h4-7,17,20H,8-16H2,1-3H3,(H,23,28). The predicted octanol–water partition coefficient (Wildman–Crippen LogP) is 1.35. The number of carbonyl (C=O) groups is 2. The van der Waals surface area contributed by atoms with Gasteiger partial charge < -0.3 is 10.2 Å². The number of rotatable bonds is 7. The van der Waals surface area contributed by atoms with Gasteiger partial charge in [0.05, 0.1) is 12.5 Å². The molecule has 1 atom stereocenters. The second kappa shape index (κ2) is 9.52. The lowest BCUT2D eigenvalue weighted by Crippen LogP contribution is -2.57. The van der Waals surface area contributed by atoms with E-state index < -0.39 is 0 Å². The summed E-state index contributed by atoms with van der Waals surface area (Å²) in [4.78, 5) is 31.5. The highest BCUT2D eigenvalue weighted by Gasteiger charge is 2.32. The highest BCUT2D eigenvalue weighted by molar-refractivity contribution is 5.88. The zero-order chi connectivity index (χ0) is 20.1. The third kappa shape index (κ3) is 5.32. The molecular weight excluding hydrogens is 352 g/mol. The zero-order valence-corrected chi connectivity index (χ0v) is 17.5. The monoisotopic (exact) mass is 386 g/mol. The van der Waals surface area contributed by atoms with Crippen molar-refractivity contribution in [3.05, 3.63) is 35.4 Å². The maximum absolute atomic E-state index is 12.8. The second-order valence-electron chi connectivity index (χ2n) is 8.51. The quantitative estimate of drug-likeness (QED) is 0.769. The van der Waals surface area contributed by atoms with Gasteiger partial charge in [-0.25, -0.2) is 0 Å². The van der Waals surface area contributed by atoms with Crippen LogP contribution in [0.4, 0.5) is 0 Å². The molecule has 1 N–H and O–H groups in total. The Labute approximate surface area is 168 Å². The molecule has 1 unspecified atom stereocenters. The molecule has 1 saturated heterocycles. The number of nitrogens with one attached hydrogen (secondary N) is 1. The van der Waals surface area contributed by atoms with E-state index in [9.17, 15) is 9.59 Å². The summed E-state index contributed by atoms with van der Waals surface area (Å²) in [6.45, 7) is 10.2. The summed E-state index contributed by atoms with van der Waals surface area (Å²) in [6.07, 6.45) is 1.33. The van der Waals surface area contributed by atoms with Gasteiger partial charge in [-0.2, -0.15) is 0 Å². The van der Waals surface area contributed by atoms with Crippen molar-refractivity contribution in [3.8, 4) is 0 Å². The Hall–Kier alpha value is -1.92. The molecule has 3 rings (SSSR count). The fourth-order valence-corrected chi connectivity index (χ4v) is 4.15. The van der Waals surface area contributed by atoms with Crippen molar-refractivity contribution in [2.75, 3.05) is 46.3 Å². The van der Waals surface area contributed by atoms with Crippen LogP contribution in [-0.2, 0) is 22.6 Å². The van der Waals surface area contributed by atoms with Crippen LogP contribution in [0.1, 0.15) is 31.4 Å². The number of benzene rings is 1. The Morgan fingerprint density at radius 1 is 1.25 bits per heavy atom. The zero-order valence-electron chi connectivity index (χ0n) is 17.5. The molecule has 0 aromatic heterocycles. The summed E-state index contributed by atoms with van der Waals surface area (Å²) < 4.78 is 0. The molecular formula is C22H34N4O2. The van der Waals surface area contributed by atoms with Crippen molar-refractivity contribution >= 4 is 11.8 Å². The minimum atomic E-state index is -0.340. The van der Waals surface area contributed by atoms with Gasteiger partial charge in [0.25, 0.3) is 0 Å². The van der Waals surface area contributed by atoms with Crippen LogP contribution in [-0.4, -0.2) is 78.9 Å². The molecule has 0 aliphatic carbocycles. The van der Waals surface area contributed by atoms with Crippen molar-refractivity contribution in [1.29, 1.82) is 0 Å². The van der Waals surface area contributed by atoms with Crippen molar-refractivity contribution in [2.24, 2.45) is 5.92 Å². The first-order valence-corrected chi connectivity index (χ1v) is 10.5. The topological polar surface area (TPSA) is 55.9 Å².